The highest BCUT2D eigenvalue weighted by atomic mass is 32.2. The van der Waals surface area contributed by atoms with E-state index in [-0.39, 0.29) is 11.6 Å². The van der Waals surface area contributed by atoms with Crippen LogP contribution in [0.2, 0.25) is 0 Å². The van der Waals surface area contributed by atoms with E-state index < -0.39 is 4.92 Å². The maximum Gasteiger partial charge on any atom is 0.270 e. The lowest BCUT2D eigenvalue weighted by atomic mass is 10.1. The summed E-state index contributed by atoms with van der Waals surface area (Å²) in [7, 11) is 0. The predicted octanol–water partition coefficient (Wildman–Crippen LogP) is 4.62. The summed E-state index contributed by atoms with van der Waals surface area (Å²) in [5, 5.41) is 10.9. The number of nitro groups is 1. The van der Waals surface area contributed by atoms with Crippen LogP contribution < -0.4 is 4.90 Å². The number of anilines is 1. The lowest BCUT2D eigenvalue weighted by Crippen LogP contribution is -2.28. The summed E-state index contributed by atoms with van der Waals surface area (Å²) in [6, 6.07) is 11.9. The molecule has 126 valence electrons. The molecule has 0 unspecified atom stereocenters. The van der Waals surface area contributed by atoms with Gasteiger partial charge in [-0.05, 0) is 42.7 Å². The molecule has 2 aromatic rings. The van der Waals surface area contributed by atoms with E-state index in [1.54, 1.807) is 18.2 Å². The number of non-ortho nitro benzene ring substituents is 1. The van der Waals surface area contributed by atoms with Crippen LogP contribution in [0.1, 0.15) is 16.7 Å². The number of rotatable bonds is 3. The number of nitro benzene ring substituents is 1. The summed E-state index contributed by atoms with van der Waals surface area (Å²) in [4.78, 5) is 25.2. The molecule has 0 bridgehead atoms. The summed E-state index contributed by atoms with van der Waals surface area (Å²) in [5.41, 5.74) is 3.42. The molecule has 0 radical (unpaired) electrons. The first kappa shape index (κ1) is 17.3. The third kappa shape index (κ3) is 3.33. The first-order valence-corrected chi connectivity index (χ1v) is 8.69. The van der Waals surface area contributed by atoms with E-state index in [2.05, 4.69) is 0 Å². The highest BCUT2D eigenvalue weighted by molar-refractivity contribution is 8.27. The molecule has 1 aliphatic rings. The van der Waals surface area contributed by atoms with Gasteiger partial charge in [-0.1, -0.05) is 48.2 Å². The average molecular weight is 370 g/mol. The van der Waals surface area contributed by atoms with Crippen LogP contribution in [0.4, 0.5) is 11.4 Å². The molecule has 0 atom stereocenters. The van der Waals surface area contributed by atoms with Gasteiger partial charge < -0.3 is 0 Å². The van der Waals surface area contributed by atoms with Crippen molar-refractivity contribution >= 4 is 51.7 Å². The van der Waals surface area contributed by atoms with Crippen molar-refractivity contribution in [3.63, 3.8) is 0 Å². The van der Waals surface area contributed by atoms with E-state index in [9.17, 15) is 14.9 Å². The Balaban J connectivity index is 1.97. The van der Waals surface area contributed by atoms with E-state index in [0.29, 0.717) is 14.8 Å². The second-order valence-electron chi connectivity index (χ2n) is 5.59. The van der Waals surface area contributed by atoms with Gasteiger partial charge >= 0.3 is 0 Å². The molecule has 1 fully saturated rings. The molecule has 2 aromatic carbocycles. The van der Waals surface area contributed by atoms with Crippen LogP contribution in [0.25, 0.3) is 6.08 Å². The minimum atomic E-state index is -0.460. The Labute approximate surface area is 154 Å². The van der Waals surface area contributed by atoms with Gasteiger partial charge in [0.1, 0.15) is 0 Å². The molecular weight excluding hydrogens is 356 g/mol. The fourth-order valence-electron chi connectivity index (χ4n) is 2.53. The Bertz CT molecular complexity index is 938. The van der Waals surface area contributed by atoms with Crippen LogP contribution in [0, 0.1) is 24.0 Å². The molecule has 0 aliphatic carbocycles. The molecule has 3 rings (SSSR count). The van der Waals surface area contributed by atoms with Gasteiger partial charge in [-0.25, -0.2) is 0 Å². The monoisotopic (exact) mass is 370 g/mol. The summed E-state index contributed by atoms with van der Waals surface area (Å²) in [6.45, 7) is 3.93. The molecule has 0 aromatic heterocycles. The Kier molecular flexibility index (Phi) is 4.69. The fraction of sp³-hybridized carbons (Fsp3) is 0.111. The number of hydrogen-bond acceptors (Lipinski definition) is 5. The quantitative estimate of drug-likeness (QED) is 0.341. The van der Waals surface area contributed by atoms with Crippen LogP contribution in [0.3, 0.4) is 0 Å². The van der Waals surface area contributed by atoms with Crippen LogP contribution in [0.5, 0.6) is 0 Å². The number of hydrogen-bond donors (Lipinski definition) is 0. The third-order valence-electron chi connectivity index (χ3n) is 3.99. The van der Waals surface area contributed by atoms with Crippen molar-refractivity contribution in [3.05, 3.63) is 74.2 Å². The van der Waals surface area contributed by atoms with E-state index in [1.807, 2.05) is 32.0 Å². The number of nitrogens with zero attached hydrogens (tertiary/aromatic N) is 2. The zero-order valence-corrected chi connectivity index (χ0v) is 15.2. The number of carbonyl (C=O) groups excluding carboxylic acids is 1. The highest BCUT2D eigenvalue weighted by Crippen LogP contribution is 2.38. The van der Waals surface area contributed by atoms with E-state index >= 15 is 0 Å². The smallest absolute Gasteiger partial charge is 0.268 e. The molecule has 0 saturated carbocycles. The standard InChI is InChI=1S/C18H14N2O3S2/c1-11-5-3-8-15(12(11)2)19-17(21)16(25-18(19)24)10-13-6-4-7-14(9-13)20(22)23/h3-10H,1-2H3. The SMILES string of the molecule is Cc1cccc(N2C(=O)C(=Cc3cccc([N+](=O)[O-])c3)SC2=S)c1C. The van der Waals surface area contributed by atoms with E-state index in [1.165, 1.54) is 28.8 Å². The topological polar surface area (TPSA) is 63.5 Å². The molecule has 1 aliphatic heterocycles. The van der Waals surface area contributed by atoms with Gasteiger partial charge in [-0.15, -0.1) is 0 Å². The number of thioether (sulfide) groups is 1. The fourth-order valence-corrected chi connectivity index (χ4v) is 3.82. The minimum absolute atomic E-state index is 0.0150. The van der Waals surface area contributed by atoms with Crippen molar-refractivity contribution in [3.8, 4) is 0 Å². The van der Waals surface area contributed by atoms with Crippen molar-refractivity contribution in [1.82, 2.24) is 0 Å². The Morgan fingerprint density at radius 1 is 1.20 bits per heavy atom. The number of carbonyl (C=O) groups is 1. The third-order valence-corrected chi connectivity index (χ3v) is 5.29. The summed E-state index contributed by atoms with van der Waals surface area (Å²) in [6.07, 6.45) is 1.64. The molecule has 1 amide bonds. The van der Waals surface area contributed by atoms with Crippen LogP contribution in [-0.2, 0) is 4.79 Å². The van der Waals surface area contributed by atoms with Gasteiger partial charge in [0.05, 0.1) is 15.5 Å². The van der Waals surface area contributed by atoms with Gasteiger partial charge in [0.15, 0.2) is 4.32 Å². The molecule has 7 heteroatoms. The predicted molar refractivity (Wildman–Crippen MR) is 105 cm³/mol. The molecule has 25 heavy (non-hydrogen) atoms. The van der Waals surface area contributed by atoms with Crippen LogP contribution >= 0.6 is 24.0 Å². The second kappa shape index (κ2) is 6.78. The van der Waals surface area contributed by atoms with Gasteiger partial charge in [0.2, 0.25) is 0 Å². The first-order valence-electron chi connectivity index (χ1n) is 7.47. The van der Waals surface area contributed by atoms with Gasteiger partial charge in [0, 0.05) is 12.1 Å². The van der Waals surface area contributed by atoms with Crippen LogP contribution in [0.15, 0.2) is 47.4 Å². The number of amides is 1. The molecule has 1 saturated heterocycles. The normalized spacial score (nSPS) is 15.9. The van der Waals surface area contributed by atoms with Gasteiger partial charge in [-0.2, -0.15) is 0 Å². The molecule has 0 N–H and O–H groups in total. The largest absolute Gasteiger partial charge is 0.270 e. The summed E-state index contributed by atoms with van der Waals surface area (Å²) < 4.78 is 0.454. The number of thiocarbonyl (C=S) groups is 1. The van der Waals surface area contributed by atoms with Crippen molar-refractivity contribution < 1.29 is 9.72 Å². The van der Waals surface area contributed by atoms with Crippen molar-refractivity contribution in [2.24, 2.45) is 0 Å². The van der Waals surface area contributed by atoms with Crippen molar-refractivity contribution in [1.29, 1.82) is 0 Å². The number of benzene rings is 2. The van der Waals surface area contributed by atoms with Crippen molar-refractivity contribution in [2.75, 3.05) is 4.90 Å². The van der Waals surface area contributed by atoms with Gasteiger partial charge in [0.25, 0.3) is 11.6 Å². The highest BCUT2D eigenvalue weighted by Gasteiger charge is 2.34. The molecular formula is C18H14N2O3S2. The Morgan fingerprint density at radius 2 is 1.92 bits per heavy atom. The Hall–Kier alpha value is -2.51. The first-order chi connectivity index (χ1) is 11.9. The maximum atomic E-state index is 12.8. The number of aryl methyl sites for hydroxylation is 1. The molecule has 5 nitrogen and oxygen atoms in total. The zero-order chi connectivity index (χ0) is 18.1. The van der Waals surface area contributed by atoms with Crippen molar-refractivity contribution in [2.45, 2.75) is 13.8 Å². The van der Waals surface area contributed by atoms with E-state index in [4.69, 9.17) is 12.2 Å². The lowest BCUT2D eigenvalue weighted by molar-refractivity contribution is -0.384. The van der Waals surface area contributed by atoms with Crippen LogP contribution in [-0.4, -0.2) is 15.2 Å². The van der Waals surface area contributed by atoms with Gasteiger partial charge in [-0.3, -0.25) is 19.8 Å². The molecule has 0 spiro atoms. The van der Waals surface area contributed by atoms with E-state index in [0.717, 1.165) is 16.8 Å². The zero-order valence-electron chi connectivity index (χ0n) is 13.6. The summed E-state index contributed by atoms with van der Waals surface area (Å²) in [5.74, 6) is -0.213. The maximum absolute atomic E-state index is 12.8. The minimum Gasteiger partial charge on any atom is -0.268 e. The Morgan fingerprint density at radius 3 is 2.64 bits per heavy atom. The lowest BCUT2D eigenvalue weighted by Gasteiger charge is -2.18. The summed E-state index contributed by atoms with van der Waals surface area (Å²) >= 11 is 6.58. The second-order valence-corrected chi connectivity index (χ2v) is 7.26. The molecule has 1 heterocycles. The average Bonchev–Trinajstić information content (AvgIpc) is 2.84.